The van der Waals surface area contributed by atoms with Gasteiger partial charge in [0.25, 0.3) is 4.84 Å². The maximum atomic E-state index is 5.37. The Hall–Kier alpha value is -2.64. The highest BCUT2D eigenvalue weighted by atomic mass is 32.2. The maximum absolute atomic E-state index is 5.37. The van der Waals surface area contributed by atoms with E-state index in [0.29, 0.717) is 16.5 Å². The quantitative estimate of drug-likeness (QED) is 0.320. The molecule has 3 heterocycles. The number of aromatic nitrogens is 4. The largest absolute Gasteiger partial charge is 0.413 e. The van der Waals surface area contributed by atoms with Crippen molar-refractivity contribution < 1.29 is 4.42 Å². The minimum absolute atomic E-state index is 0.293. The van der Waals surface area contributed by atoms with Crippen molar-refractivity contribution in [3.8, 4) is 0 Å². The van der Waals surface area contributed by atoms with Crippen molar-refractivity contribution in [3.05, 3.63) is 58.8 Å². The third-order valence-electron chi connectivity index (χ3n) is 4.38. The van der Waals surface area contributed by atoms with Gasteiger partial charge in [0.1, 0.15) is 5.03 Å². The predicted molar refractivity (Wildman–Crippen MR) is 107 cm³/mol. The van der Waals surface area contributed by atoms with Gasteiger partial charge >= 0.3 is 0 Å². The molecule has 0 fully saturated rings. The molecule has 0 atom stereocenters. The van der Waals surface area contributed by atoms with Crippen molar-refractivity contribution in [2.75, 3.05) is 0 Å². The lowest BCUT2D eigenvalue weighted by atomic mass is 10.1. The fourth-order valence-electron chi connectivity index (χ4n) is 3.21. The van der Waals surface area contributed by atoms with E-state index in [4.69, 9.17) is 21.6 Å². The van der Waals surface area contributed by atoms with E-state index in [1.807, 2.05) is 6.07 Å². The zero-order valence-electron chi connectivity index (χ0n) is 13.9. The standard InChI is InChI=1S/C19H14N4OS2/c1-10-6-7-14-13(8-10)17-16(20-14)11-4-2-3-5-12(11)18(21-17)26-9-15-22-23-19(25)24-15/h2-8,20H,9H2,1H3,(H,23,25). The lowest BCUT2D eigenvalue weighted by Gasteiger charge is -2.06. The van der Waals surface area contributed by atoms with Gasteiger partial charge in [0.05, 0.1) is 16.8 Å². The number of benzene rings is 2. The third kappa shape index (κ3) is 2.51. The summed E-state index contributed by atoms with van der Waals surface area (Å²) in [6.45, 7) is 2.10. The van der Waals surface area contributed by atoms with E-state index in [2.05, 4.69) is 58.5 Å². The summed E-state index contributed by atoms with van der Waals surface area (Å²) in [5.74, 6) is 1.14. The number of nitrogens with zero attached hydrogens (tertiary/aromatic N) is 2. The van der Waals surface area contributed by atoms with Crippen molar-refractivity contribution in [2.24, 2.45) is 0 Å². The van der Waals surface area contributed by atoms with Gasteiger partial charge in [-0.25, -0.2) is 10.1 Å². The summed E-state index contributed by atoms with van der Waals surface area (Å²) in [6, 6.07) is 14.7. The zero-order valence-corrected chi connectivity index (χ0v) is 15.5. The molecule has 7 heteroatoms. The Labute approximate surface area is 157 Å². The van der Waals surface area contributed by atoms with Crippen LogP contribution in [0, 0.1) is 11.8 Å². The number of thioether (sulfide) groups is 1. The summed E-state index contributed by atoms with van der Waals surface area (Å²) in [6.07, 6.45) is 0. The summed E-state index contributed by atoms with van der Waals surface area (Å²) in [7, 11) is 0. The molecule has 0 aliphatic carbocycles. The van der Waals surface area contributed by atoms with Crippen molar-refractivity contribution in [3.63, 3.8) is 0 Å². The minimum atomic E-state index is 0.293. The SMILES string of the molecule is Cc1ccc2[nH]c3c4ccccc4c(SCc4n[nH]c(=S)o4)nc3c2c1. The second-order valence-electron chi connectivity index (χ2n) is 6.16. The second kappa shape index (κ2) is 5.96. The Bertz CT molecular complexity index is 1330. The molecule has 0 unspecified atom stereocenters. The average molecular weight is 378 g/mol. The van der Waals surface area contributed by atoms with Crippen molar-refractivity contribution in [1.82, 2.24) is 20.2 Å². The van der Waals surface area contributed by atoms with Crippen LogP contribution in [-0.4, -0.2) is 20.2 Å². The number of hydrogen-bond acceptors (Lipinski definition) is 5. The predicted octanol–water partition coefficient (Wildman–Crippen LogP) is 5.52. The second-order valence-corrected chi connectivity index (χ2v) is 7.49. The molecule has 2 N–H and O–H groups in total. The Kier molecular flexibility index (Phi) is 3.58. The number of fused-ring (bicyclic) bond motifs is 5. The first kappa shape index (κ1) is 15.6. The summed E-state index contributed by atoms with van der Waals surface area (Å²) in [5, 5.41) is 11.1. The van der Waals surface area contributed by atoms with Crippen LogP contribution in [0.1, 0.15) is 11.5 Å². The number of rotatable bonds is 3. The van der Waals surface area contributed by atoms with Gasteiger partial charge in [0, 0.05) is 21.7 Å². The molecule has 0 bridgehead atoms. The number of aromatic amines is 2. The Balaban J connectivity index is 1.73. The van der Waals surface area contributed by atoms with Crippen LogP contribution < -0.4 is 0 Å². The van der Waals surface area contributed by atoms with Gasteiger partial charge in [0.2, 0.25) is 5.89 Å². The molecule has 5 aromatic rings. The Morgan fingerprint density at radius 1 is 1.12 bits per heavy atom. The highest BCUT2D eigenvalue weighted by Gasteiger charge is 2.14. The van der Waals surface area contributed by atoms with Crippen LogP contribution in [0.2, 0.25) is 0 Å². The Morgan fingerprint density at radius 3 is 2.77 bits per heavy atom. The molecule has 0 radical (unpaired) electrons. The number of nitrogens with one attached hydrogen (secondary N) is 2. The highest BCUT2D eigenvalue weighted by Crippen LogP contribution is 2.36. The van der Waals surface area contributed by atoms with E-state index >= 15 is 0 Å². The number of aryl methyl sites for hydroxylation is 1. The molecule has 5 rings (SSSR count). The lowest BCUT2D eigenvalue weighted by molar-refractivity contribution is 0.500. The fourth-order valence-corrected chi connectivity index (χ4v) is 4.23. The number of H-pyrrole nitrogens is 2. The van der Waals surface area contributed by atoms with Crippen LogP contribution in [-0.2, 0) is 5.75 Å². The molecule has 0 aliphatic rings. The molecule has 0 aliphatic heterocycles. The van der Waals surface area contributed by atoms with Crippen LogP contribution in [0.25, 0.3) is 32.7 Å². The van der Waals surface area contributed by atoms with Gasteiger partial charge in [-0.15, -0.1) is 5.10 Å². The molecule has 5 nitrogen and oxygen atoms in total. The monoisotopic (exact) mass is 378 g/mol. The van der Waals surface area contributed by atoms with E-state index in [9.17, 15) is 0 Å². The summed E-state index contributed by atoms with van der Waals surface area (Å²) in [5.41, 5.74) is 4.38. The van der Waals surface area contributed by atoms with Crippen LogP contribution in [0.4, 0.5) is 0 Å². The molecule has 0 amide bonds. The zero-order chi connectivity index (χ0) is 17.7. The first-order valence-electron chi connectivity index (χ1n) is 8.17. The third-order valence-corrected chi connectivity index (χ3v) is 5.53. The molecule has 0 spiro atoms. The molecular formula is C19H14N4OS2. The van der Waals surface area contributed by atoms with Gasteiger partial charge in [-0.1, -0.05) is 47.7 Å². The van der Waals surface area contributed by atoms with Gasteiger partial charge in [-0.05, 0) is 31.3 Å². The summed E-state index contributed by atoms with van der Waals surface area (Å²) < 4.78 is 5.37. The van der Waals surface area contributed by atoms with Crippen molar-refractivity contribution in [2.45, 2.75) is 17.7 Å². The highest BCUT2D eigenvalue weighted by molar-refractivity contribution is 7.98. The van der Waals surface area contributed by atoms with Crippen LogP contribution in [0.3, 0.4) is 0 Å². The van der Waals surface area contributed by atoms with E-state index < -0.39 is 0 Å². The topological polar surface area (TPSA) is 70.5 Å². The summed E-state index contributed by atoms with van der Waals surface area (Å²) in [4.78, 5) is 8.80. The minimum Gasteiger partial charge on any atom is -0.413 e. The molecule has 0 saturated carbocycles. The van der Waals surface area contributed by atoms with E-state index in [1.165, 1.54) is 5.56 Å². The van der Waals surface area contributed by atoms with Crippen LogP contribution >= 0.6 is 24.0 Å². The van der Waals surface area contributed by atoms with Gasteiger partial charge in [0.15, 0.2) is 0 Å². The van der Waals surface area contributed by atoms with Gasteiger partial charge < -0.3 is 9.40 Å². The smallest absolute Gasteiger partial charge is 0.284 e. The molecule has 0 saturated heterocycles. The van der Waals surface area contributed by atoms with Crippen molar-refractivity contribution >= 4 is 56.7 Å². The number of hydrogen-bond donors (Lipinski definition) is 2. The van der Waals surface area contributed by atoms with Gasteiger partial charge in [-0.2, -0.15) is 0 Å². The number of pyridine rings is 1. The van der Waals surface area contributed by atoms with Crippen LogP contribution in [0.5, 0.6) is 0 Å². The Morgan fingerprint density at radius 2 is 1.96 bits per heavy atom. The molecule has 128 valence electrons. The maximum Gasteiger partial charge on any atom is 0.284 e. The average Bonchev–Trinajstić information content (AvgIpc) is 3.23. The van der Waals surface area contributed by atoms with E-state index in [-0.39, 0.29) is 0 Å². The van der Waals surface area contributed by atoms with E-state index in [1.54, 1.807) is 11.8 Å². The fraction of sp³-hybridized carbons (Fsp3) is 0.105. The first-order valence-corrected chi connectivity index (χ1v) is 9.56. The first-order chi connectivity index (χ1) is 12.7. The normalized spacial score (nSPS) is 11.7. The molecule has 2 aromatic carbocycles. The summed E-state index contributed by atoms with van der Waals surface area (Å²) >= 11 is 6.54. The van der Waals surface area contributed by atoms with Crippen LogP contribution in [0.15, 0.2) is 51.9 Å². The molecular weight excluding hydrogens is 364 g/mol. The van der Waals surface area contributed by atoms with Crippen molar-refractivity contribution in [1.29, 1.82) is 0 Å². The molecule has 3 aromatic heterocycles. The molecule has 26 heavy (non-hydrogen) atoms. The lowest BCUT2D eigenvalue weighted by Crippen LogP contribution is -1.88. The van der Waals surface area contributed by atoms with E-state index in [0.717, 1.165) is 37.7 Å². The van der Waals surface area contributed by atoms with Gasteiger partial charge in [-0.3, -0.25) is 0 Å².